The van der Waals surface area contributed by atoms with E-state index in [1.54, 1.807) is 30.3 Å². The average molecular weight is 349 g/mol. The molecule has 1 aliphatic heterocycles. The van der Waals surface area contributed by atoms with Crippen molar-refractivity contribution in [2.45, 2.75) is 0 Å². The van der Waals surface area contributed by atoms with Gasteiger partial charge in [0.05, 0.1) is 6.26 Å². The number of benzene rings is 2. The molecule has 2 N–H and O–H groups in total. The molecule has 0 amide bonds. The van der Waals surface area contributed by atoms with Gasteiger partial charge in [0.25, 0.3) is 0 Å². The Balaban J connectivity index is 2.08. The van der Waals surface area contributed by atoms with E-state index in [2.05, 4.69) is 4.72 Å². The molecule has 0 atom stereocenters. The lowest BCUT2D eigenvalue weighted by molar-refractivity contribution is 0.0686. The van der Waals surface area contributed by atoms with Crippen molar-refractivity contribution in [3.8, 4) is 22.6 Å². The quantitative estimate of drug-likeness (QED) is 0.877. The summed E-state index contributed by atoms with van der Waals surface area (Å²) in [6.45, 7) is 0.631. The molecule has 0 aliphatic carbocycles. The van der Waals surface area contributed by atoms with E-state index >= 15 is 0 Å². The summed E-state index contributed by atoms with van der Waals surface area (Å²) in [5, 5.41) is 9.39. The van der Waals surface area contributed by atoms with Crippen molar-refractivity contribution in [1.29, 1.82) is 0 Å². The number of carbonyl (C=O) groups is 1. The molecule has 8 heteroatoms. The summed E-state index contributed by atoms with van der Waals surface area (Å²) in [4.78, 5) is 11.5. The molecule has 0 spiro atoms. The molecule has 2 aromatic rings. The number of carboxylic acids is 1. The molecular weight excluding hydrogens is 334 g/mol. The van der Waals surface area contributed by atoms with Crippen molar-refractivity contribution < 1.29 is 27.8 Å². The number of sulfonamides is 1. The maximum absolute atomic E-state index is 11.5. The second kappa shape index (κ2) is 6.04. The van der Waals surface area contributed by atoms with Crippen LogP contribution in [0.2, 0.25) is 0 Å². The van der Waals surface area contributed by atoms with Crippen LogP contribution in [0.25, 0.3) is 11.1 Å². The highest BCUT2D eigenvalue weighted by Crippen LogP contribution is 2.38. The van der Waals surface area contributed by atoms with Crippen LogP contribution >= 0.6 is 0 Å². The number of carboxylic acid groups (broad SMARTS) is 1. The number of anilines is 1. The molecule has 0 bridgehead atoms. The van der Waals surface area contributed by atoms with Crippen molar-refractivity contribution in [2.24, 2.45) is 0 Å². The first-order chi connectivity index (χ1) is 11.3. The average Bonchev–Trinajstić information content (AvgIpc) is 2.52. The molecule has 7 nitrogen and oxygen atoms in total. The van der Waals surface area contributed by atoms with Crippen molar-refractivity contribution in [1.82, 2.24) is 0 Å². The Bertz CT molecular complexity index is 907. The van der Waals surface area contributed by atoms with Gasteiger partial charge >= 0.3 is 5.97 Å². The van der Waals surface area contributed by atoms with Gasteiger partial charge in [-0.1, -0.05) is 12.1 Å². The Morgan fingerprint density at radius 1 is 1.12 bits per heavy atom. The lowest BCUT2D eigenvalue weighted by Crippen LogP contribution is -2.18. The van der Waals surface area contributed by atoms with E-state index in [1.807, 2.05) is 0 Å². The maximum atomic E-state index is 11.5. The molecule has 0 aromatic heterocycles. The van der Waals surface area contributed by atoms with Crippen LogP contribution in [0.5, 0.6) is 11.5 Å². The Hall–Kier alpha value is -2.74. The summed E-state index contributed by atoms with van der Waals surface area (Å²) in [6, 6.07) is 9.83. The minimum absolute atomic E-state index is 0.00340. The van der Waals surface area contributed by atoms with Gasteiger partial charge < -0.3 is 14.6 Å². The summed E-state index contributed by atoms with van der Waals surface area (Å²) in [5.41, 5.74) is 1.64. The molecule has 126 valence electrons. The van der Waals surface area contributed by atoms with Crippen LogP contribution in [-0.4, -0.2) is 39.0 Å². The van der Waals surface area contributed by atoms with Crippen LogP contribution in [0.1, 0.15) is 10.4 Å². The van der Waals surface area contributed by atoms with Crippen LogP contribution in [-0.2, 0) is 10.0 Å². The fourth-order valence-electron chi connectivity index (χ4n) is 2.46. The first-order valence-corrected chi connectivity index (χ1v) is 8.98. The van der Waals surface area contributed by atoms with Crippen LogP contribution < -0.4 is 14.2 Å². The van der Waals surface area contributed by atoms with Crippen LogP contribution in [0, 0.1) is 0 Å². The van der Waals surface area contributed by atoms with Gasteiger partial charge in [-0.3, -0.25) is 4.72 Å². The lowest BCUT2D eigenvalue weighted by atomic mass is 10.0. The van der Waals surface area contributed by atoms with Gasteiger partial charge in [-0.25, -0.2) is 13.2 Å². The molecule has 0 fully saturated rings. The van der Waals surface area contributed by atoms with Crippen LogP contribution in [0.4, 0.5) is 5.69 Å². The fourth-order valence-corrected chi connectivity index (χ4v) is 3.01. The normalized spacial score (nSPS) is 13.4. The summed E-state index contributed by atoms with van der Waals surface area (Å²) in [5.74, 6) is -0.551. The van der Waals surface area contributed by atoms with E-state index in [0.717, 1.165) is 6.26 Å². The third-order valence-electron chi connectivity index (χ3n) is 3.37. The zero-order valence-electron chi connectivity index (χ0n) is 12.8. The standard InChI is InChI=1S/C16H15NO6S/c1-24(20,21)17-12-4-2-3-10(7-12)11-8-13(16(18)19)15-14(9-11)22-5-6-23-15/h2-4,7-9,17H,5-6H2,1H3,(H,18,19). The summed E-state index contributed by atoms with van der Waals surface area (Å²) < 4.78 is 36.0. The van der Waals surface area contributed by atoms with Crippen molar-refractivity contribution in [3.05, 3.63) is 42.0 Å². The van der Waals surface area contributed by atoms with Gasteiger partial charge in [0.1, 0.15) is 18.8 Å². The smallest absolute Gasteiger partial charge is 0.339 e. The van der Waals surface area contributed by atoms with Gasteiger partial charge in [-0.15, -0.1) is 0 Å². The minimum Gasteiger partial charge on any atom is -0.486 e. The molecular formula is C16H15NO6S. The van der Waals surface area contributed by atoms with Gasteiger partial charge in [-0.2, -0.15) is 0 Å². The van der Waals surface area contributed by atoms with Crippen molar-refractivity contribution in [2.75, 3.05) is 24.2 Å². The van der Waals surface area contributed by atoms with E-state index in [-0.39, 0.29) is 11.3 Å². The van der Waals surface area contributed by atoms with E-state index in [0.29, 0.717) is 35.8 Å². The Morgan fingerprint density at radius 2 is 1.88 bits per heavy atom. The van der Waals surface area contributed by atoms with Gasteiger partial charge in [0.2, 0.25) is 10.0 Å². The summed E-state index contributed by atoms with van der Waals surface area (Å²) >= 11 is 0. The van der Waals surface area contributed by atoms with Crippen LogP contribution in [0.15, 0.2) is 36.4 Å². The molecule has 1 aliphatic rings. The van der Waals surface area contributed by atoms with Gasteiger partial charge in [0.15, 0.2) is 11.5 Å². The highest BCUT2D eigenvalue weighted by Gasteiger charge is 2.22. The first kappa shape index (κ1) is 16.1. The van der Waals surface area contributed by atoms with E-state index in [4.69, 9.17) is 9.47 Å². The number of rotatable bonds is 4. The number of hydrogen-bond acceptors (Lipinski definition) is 5. The summed E-state index contributed by atoms with van der Waals surface area (Å²) in [6.07, 6.45) is 1.06. The first-order valence-electron chi connectivity index (χ1n) is 7.09. The number of hydrogen-bond donors (Lipinski definition) is 2. The van der Waals surface area contributed by atoms with Crippen molar-refractivity contribution >= 4 is 21.7 Å². The second-order valence-electron chi connectivity index (χ2n) is 5.31. The van der Waals surface area contributed by atoms with E-state index in [9.17, 15) is 18.3 Å². The molecule has 2 aromatic carbocycles. The largest absolute Gasteiger partial charge is 0.486 e. The second-order valence-corrected chi connectivity index (χ2v) is 7.06. The molecule has 24 heavy (non-hydrogen) atoms. The van der Waals surface area contributed by atoms with Crippen molar-refractivity contribution in [3.63, 3.8) is 0 Å². The maximum Gasteiger partial charge on any atom is 0.339 e. The predicted molar refractivity (Wildman–Crippen MR) is 88.3 cm³/mol. The Morgan fingerprint density at radius 3 is 2.58 bits per heavy atom. The predicted octanol–water partition coefficient (Wildman–Crippen LogP) is 2.19. The van der Waals surface area contributed by atoms with Gasteiger partial charge in [-0.05, 0) is 35.4 Å². The third kappa shape index (κ3) is 3.43. The number of aromatic carboxylic acids is 1. The van der Waals surface area contributed by atoms with Gasteiger partial charge in [0, 0.05) is 5.69 Å². The van der Waals surface area contributed by atoms with E-state index in [1.165, 1.54) is 6.07 Å². The molecule has 0 saturated carbocycles. The Labute approximate surface area is 138 Å². The number of fused-ring (bicyclic) bond motifs is 1. The number of nitrogens with one attached hydrogen (secondary N) is 1. The SMILES string of the molecule is CS(=O)(=O)Nc1cccc(-c2cc3c(c(C(=O)O)c2)OCCO3)c1. The molecule has 0 radical (unpaired) electrons. The summed E-state index contributed by atoms with van der Waals surface area (Å²) in [7, 11) is -3.40. The monoisotopic (exact) mass is 349 g/mol. The minimum atomic E-state index is -3.40. The molecule has 0 saturated heterocycles. The zero-order valence-corrected chi connectivity index (χ0v) is 13.6. The topological polar surface area (TPSA) is 102 Å². The molecule has 0 unspecified atom stereocenters. The Kier molecular flexibility index (Phi) is 4.06. The van der Waals surface area contributed by atoms with E-state index < -0.39 is 16.0 Å². The highest BCUT2D eigenvalue weighted by atomic mass is 32.2. The number of ether oxygens (including phenoxy) is 2. The lowest BCUT2D eigenvalue weighted by Gasteiger charge is -2.21. The van der Waals surface area contributed by atoms with Crippen LogP contribution in [0.3, 0.4) is 0 Å². The molecule has 3 rings (SSSR count). The fraction of sp³-hybridized carbons (Fsp3) is 0.188. The highest BCUT2D eigenvalue weighted by molar-refractivity contribution is 7.92. The zero-order chi connectivity index (χ0) is 17.3. The molecule has 1 heterocycles. The third-order valence-corrected chi connectivity index (χ3v) is 3.98.